The zero-order chi connectivity index (χ0) is 13.9. The van der Waals surface area contributed by atoms with Crippen LogP contribution in [0.1, 0.15) is 48.0 Å². The van der Waals surface area contributed by atoms with Crippen LogP contribution in [-0.2, 0) is 0 Å². The summed E-state index contributed by atoms with van der Waals surface area (Å²) in [6.07, 6.45) is 5.76. The highest BCUT2D eigenvalue weighted by Crippen LogP contribution is 2.36. The molecule has 1 aliphatic rings. The Hall–Kier alpha value is -1.38. The maximum atomic E-state index is 5.90. The maximum Gasteiger partial charge on any atom is 0.0748 e. The molecule has 0 spiro atoms. The molecule has 1 aromatic carbocycles. The van der Waals surface area contributed by atoms with Crippen molar-refractivity contribution in [3.63, 3.8) is 0 Å². The number of nitrogens with zero attached hydrogens (tertiary/aromatic N) is 1. The minimum atomic E-state index is 0.114. The average Bonchev–Trinajstić information content (AvgIpc) is 2.42. The molecule has 1 aliphatic carbocycles. The van der Waals surface area contributed by atoms with E-state index in [1.807, 2.05) is 19.2 Å². The fourth-order valence-corrected chi connectivity index (χ4v) is 2.86. The Morgan fingerprint density at radius 3 is 2.40 bits per heavy atom. The van der Waals surface area contributed by atoms with Gasteiger partial charge in [-0.25, -0.2) is 0 Å². The van der Waals surface area contributed by atoms with Gasteiger partial charge in [0, 0.05) is 6.20 Å². The van der Waals surface area contributed by atoms with Gasteiger partial charge in [-0.05, 0) is 49.1 Å². The van der Waals surface area contributed by atoms with E-state index in [4.69, 9.17) is 11.6 Å². The highest BCUT2D eigenvalue weighted by molar-refractivity contribution is 6.30. The molecule has 0 bridgehead atoms. The summed E-state index contributed by atoms with van der Waals surface area (Å²) >= 11 is 5.90. The lowest BCUT2D eigenvalue weighted by atomic mass is 9.80. The molecule has 3 heteroatoms. The standard InChI is InChI=1S/C17H19ClN2/c1-19-17(16-10-9-15(18)11-20-16)14-7-5-13(6-8-14)12-3-2-4-12/h5-12,17,19H,2-4H2,1H3. The van der Waals surface area contributed by atoms with Crippen molar-refractivity contribution in [2.45, 2.75) is 31.2 Å². The Kier molecular flexibility index (Phi) is 4.04. The number of nitrogens with one attached hydrogen (secondary N) is 1. The molecule has 1 heterocycles. The largest absolute Gasteiger partial charge is 0.308 e. The van der Waals surface area contributed by atoms with E-state index in [9.17, 15) is 0 Å². The summed E-state index contributed by atoms with van der Waals surface area (Å²) in [4.78, 5) is 4.42. The molecule has 1 N–H and O–H groups in total. The molecule has 0 amide bonds. The number of pyridine rings is 1. The fraction of sp³-hybridized carbons (Fsp3) is 0.353. The van der Waals surface area contributed by atoms with Crippen molar-refractivity contribution < 1.29 is 0 Å². The van der Waals surface area contributed by atoms with Crippen LogP contribution in [0.4, 0.5) is 0 Å². The Bertz CT molecular complexity index is 559. The highest BCUT2D eigenvalue weighted by Gasteiger charge is 2.20. The van der Waals surface area contributed by atoms with Crippen LogP contribution in [0, 0.1) is 0 Å². The van der Waals surface area contributed by atoms with Crippen molar-refractivity contribution >= 4 is 11.6 Å². The number of rotatable bonds is 4. The monoisotopic (exact) mass is 286 g/mol. The first-order chi connectivity index (χ1) is 9.78. The Balaban J connectivity index is 1.83. The Morgan fingerprint density at radius 1 is 1.15 bits per heavy atom. The van der Waals surface area contributed by atoms with Crippen molar-refractivity contribution in [3.05, 3.63) is 64.4 Å². The summed E-state index contributed by atoms with van der Waals surface area (Å²) < 4.78 is 0. The van der Waals surface area contributed by atoms with Crippen LogP contribution in [0.15, 0.2) is 42.6 Å². The molecule has 1 unspecified atom stereocenters. The summed E-state index contributed by atoms with van der Waals surface area (Å²) in [5, 5.41) is 4.00. The molecule has 3 rings (SSSR count). The molecule has 1 saturated carbocycles. The van der Waals surface area contributed by atoms with Gasteiger partial charge in [0.15, 0.2) is 0 Å². The van der Waals surface area contributed by atoms with Gasteiger partial charge >= 0.3 is 0 Å². The van der Waals surface area contributed by atoms with Crippen molar-refractivity contribution in [2.24, 2.45) is 0 Å². The van der Waals surface area contributed by atoms with Gasteiger partial charge in [-0.1, -0.05) is 42.3 Å². The van der Waals surface area contributed by atoms with Crippen LogP contribution in [0.5, 0.6) is 0 Å². The van der Waals surface area contributed by atoms with E-state index in [0.29, 0.717) is 5.02 Å². The lowest BCUT2D eigenvalue weighted by molar-refractivity contribution is 0.419. The van der Waals surface area contributed by atoms with Gasteiger partial charge in [-0.15, -0.1) is 0 Å². The molecule has 0 aliphatic heterocycles. The number of aromatic nitrogens is 1. The van der Waals surface area contributed by atoms with E-state index in [1.54, 1.807) is 6.20 Å². The van der Waals surface area contributed by atoms with Crippen LogP contribution in [-0.4, -0.2) is 12.0 Å². The molecule has 2 nitrogen and oxygen atoms in total. The van der Waals surface area contributed by atoms with Crippen LogP contribution >= 0.6 is 11.6 Å². The zero-order valence-corrected chi connectivity index (χ0v) is 12.4. The molecule has 104 valence electrons. The Labute approximate surface area is 125 Å². The minimum Gasteiger partial charge on any atom is -0.308 e. The Morgan fingerprint density at radius 2 is 1.90 bits per heavy atom. The van der Waals surface area contributed by atoms with Crippen LogP contribution in [0.25, 0.3) is 0 Å². The summed E-state index contributed by atoms with van der Waals surface area (Å²) in [5.74, 6) is 0.783. The first-order valence-corrected chi connectivity index (χ1v) is 7.54. The number of hydrogen-bond acceptors (Lipinski definition) is 2. The van der Waals surface area contributed by atoms with Gasteiger partial charge in [-0.3, -0.25) is 4.98 Å². The van der Waals surface area contributed by atoms with Gasteiger partial charge in [0.05, 0.1) is 16.8 Å². The van der Waals surface area contributed by atoms with Crippen molar-refractivity contribution in [3.8, 4) is 0 Å². The van der Waals surface area contributed by atoms with E-state index in [2.05, 4.69) is 34.6 Å². The molecule has 0 saturated heterocycles. The third-order valence-corrected chi connectivity index (χ3v) is 4.40. The van der Waals surface area contributed by atoms with Gasteiger partial charge < -0.3 is 5.32 Å². The van der Waals surface area contributed by atoms with E-state index in [1.165, 1.54) is 30.4 Å². The fourth-order valence-electron chi connectivity index (χ4n) is 2.75. The molecule has 20 heavy (non-hydrogen) atoms. The van der Waals surface area contributed by atoms with E-state index in [-0.39, 0.29) is 6.04 Å². The first kappa shape index (κ1) is 13.6. The van der Waals surface area contributed by atoms with E-state index in [0.717, 1.165) is 11.6 Å². The smallest absolute Gasteiger partial charge is 0.0748 e. The van der Waals surface area contributed by atoms with E-state index >= 15 is 0 Å². The second kappa shape index (κ2) is 5.94. The number of hydrogen-bond donors (Lipinski definition) is 1. The predicted molar refractivity (Wildman–Crippen MR) is 83.2 cm³/mol. The van der Waals surface area contributed by atoms with Gasteiger partial charge in [0.25, 0.3) is 0 Å². The van der Waals surface area contributed by atoms with Crippen molar-refractivity contribution in [1.29, 1.82) is 0 Å². The summed E-state index contributed by atoms with van der Waals surface area (Å²) in [5.41, 5.74) is 3.71. The molecule has 1 fully saturated rings. The second-order valence-corrected chi connectivity index (χ2v) is 5.85. The van der Waals surface area contributed by atoms with Gasteiger partial charge in [0.1, 0.15) is 0 Å². The van der Waals surface area contributed by atoms with Gasteiger partial charge in [-0.2, -0.15) is 0 Å². The van der Waals surface area contributed by atoms with Crippen LogP contribution < -0.4 is 5.32 Å². The maximum absolute atomic E-state index is 5.90. The number of halogens is 1. The minimum absolute atomic E-state index is 0.114. The molecule has 2 aromatic rings. The molecule has 1 atom stereocenters. The van der Waals surface area contributed by atoms with Gasteiger partial charge in [0.2, 0.25) is 0 Å². The molecular weight excluding hydrogens is 268 g/mol. The van der Waals surface area contributed by atoms with Crippen LogP contribution in [0.2, 0.25) is 5.02 Å². The topological polar surface area (TPSA) is 24.9 Å². The average molecular weight is 287 g/mol. The lowest BCUT2D eigenvalue weighted by Gasteiger charge is -2.26. The third-order valence-electron chi connectivity index (χ3n) is 4.18. The normalized spacial score (nSPS) is 16.7. The summed E-state index contributed by atoms with van der Waals surface area (Å²) in [6.45, 7) is 0. The summed E-state index contributed by atoms with van der Waals surface area (Å²) in [6, 6.07) is 12.9. The number of benzene rings is 1. The zero-order valence-electron chi connectivity index (χ0n) is 11.6. The molecular formula is C17H19ClN2. The van der Waals surface area contributed by atoms with Crippen molar-refractivity contribution in [2.75, 3.05) is 7.05 Å². The summed E-state index contributed by atoms with van der Waals surface area (Å²) in [7, 11) is 1.96. The quantitative estimate of drug-likeness (QED) is 0.906. The van der Waals surface area contributed by atoms with Crippen LogP contribution in [0.3, 0.4) is 0 Å². The molecule has 1 aromatic heterocycles. The molecule has 0 radical (unpaired) electrons. The van der Waals surface area contributed by atoms with E-state index < -0.39 is 0 Å². The predicted octanol–water partition coefficient (Wildman–Crippen LogP) is 4.31. The third kappa shape index (κ3) is 2.72. The lowest BCUT2D eigenvalue weighted by Crippen LogP contribution is -2.19. The highest BCUT2D eigenvalue weighted by atomic mass is 35.5. The second-order valence-electron chi connectivity index (χ2n) is 5.42. The SMILES string of the molecule is CNC(c1ccc(C2CCC2)cc1)c1ccc(Cl)cn1. The van der Waals surface area contributed by atoms with Crippen molar-refractivity contribution in [1.82, 2.24) is 10.3 Å². The first-order valence-electron chi connectivity index (χ1n) is 7.16.